The highest BCUT2D eigenvalue weighted by Crippen LogP contribution is 2.66. The highest BCUT2D eigenvalue weighted by atomic mass is 14.6. The zero-order valence-electron chi connectivity index (χ0n) is 40.1. The highest BCUT2D eigenvalue weighted by molar-refractivity contribution is 6.22. The Labute approximate surface area is 416 Å². The van der Waals surface area contributed by atoms with E-state index in [0.717, 1.165) is 11.3 Å². The molecule has 0 aliphatic heterocycles. The summed E-state index contributed by atoms with van der Waals surface area (Å²) in [5.41, 5.74) is 21.0. The molecule has 71 heavy (non-hydrogen) atoms. The lowest BCUT2D eigenvalue weighted by atomic mass is 9.55. The van der Waals surface area contributed by atoms with Crippen LogP contribution in [0.2, 0.25) is 0 Å². The quantitative estimate of drug-likeness (QED) is 0.152. The maximum atomic E-state index is 4.49. The molecule has 0 N–H and O–H groups in total. The van der Waals surface area contributed by atoms with Crippen LogP contribution in [0.15, 0.2) is 225 Å². The van der Waals surface area contributed by atoms with Crippen LogP contribution in [0.25, 0.3) is 88.0 Å². The largest absolute Gasteiger partial charge is 0.264 e. The minimum atomic E-state index is -0.576. The van der Waals surface area contributed by atoms with Crippen molar-refractivity contribution in [3.8, 4) is 55.6 Å². The third-order valence-corrected chi connectivity index (χ3v) is 18.1. The van der Waals surface area contributed by atoms with Crippen LogP contribution < -0.4 is 0 Å². The molecule has 0 radical (unpaired) electrons. The molecular formula is C70H53N. The molecule has 2 saturated carbocycles. The average molecular weight is 908 g/mol. The lowest BCUT2D eigenvalue weighted by Gasteiger charge is -2.48. The van der Waals surface area contributed by atoms with Crippen molar-refractivity contribution in [2.75, 3.05) is 0 Å². The van der Waals surface area contributed by atoms with Gasteiger partial charge in [0.1, 0.15) is 0 Å². The van der Waals surface area contributed by atoms with Crippen LogP contribution >= 0.6 is 0 Å². The maximum Gasteiger partial charge on any atom is 0.0713 e. The lowest BCUT2D eigenvalue weighted by molar-refractivity contribution is 0.144. The van der Waals surface area contributed by atoms with Crippen molar-refractivity contribution in [3.63, 3.8) is 0 Å². The first-order valence-electron chi connectivity index (χ1n) is 26.1. The van der Waals surface area contributed by atoms with Crippen molar-refractivity contribution < 1.29 is 0 Å². The second kappa shape index (κ2) is 15.6. The van der Waals surface area contributed by atoms with E-state index in [0.29, 0.717) is 11.8 Å². The Morgan fingerprint density at radius 3 is 1.56 bits per heavy atom. The van der Waals surface area contributed by atoms with Gasteiger partial charge in [-0.3, -0.25) is 4.98 Å². The van der Waals surface area contributed by atoms with Crippen molar-refractivity contribution in [1.82, 2.24) is 4.98 Å². The zero-order chi connectivity index (χ0) is 46.8. The van der Waals surface area contributed by atoms with E-state index >= 15 is 0 Å². The number of nitrogens with zero attached hydrogens (tertiary/aromatic N) is 1. The van der Waals surface area contributed by atoms with Crippen molar-refractivity contribution >= 4 is 32.3 Å². The monoisotopic (exact) mass is 907 g/mol. The predicted molar refractivity (Wildman–Crippen MR) is 296 cm³/mol. The summed E-state index contributed by atoms with van der Waals surface area (Å²) in [5, 5.41) is 7.35. The molecule has 1 heterocycles. The molecule has 1 aromatic heterocycles. The highest BCUT2D eigenvalue weighted by Gasteiger charge is 2.58. The number of fused-ring (bicyclic) bond motifs is 14. The summed E-state index contributed by atoms with van der Waals surface area (Å²) in [7, 11) is 0. The second-order valence-electron chi connectivity index (χ2n) is 21.2. The van der Waals surface area contributed by atoms with E-state index in [1.807, 2.05) is 12.4 Å². The van der Waals surface area contributed by atoms with E-state index in [4.69, 9.17) is 0 Å². The van der Waals surface area contributed by atoms with Gasteiger partial charge in [-0.05, 0) is 183 Å². The van der Waals surface area contributed by atoms with Gasteiger partial charge < -0.3 is 0 Å². The van der Waals surface area contributed by atoms with Gasteiger partial charge in [-0.25, -0.2) is 0 Å². The molecule has 2 bridgehead atoms. The number of pyridine rings is 1. The Morgan fingerprint density at radius 2 is 0.930 bits per heavy atom. The normalized spacial score (nSPS) is 20.0. The van der Waals surface area contributed by atoms with Crippen molar-refractivity contribution in [2.45, 2.75) is 49.9 Å². The number of hydrogen-bond donors (Lipinski definition) is 0. The summed E-state index contributed by atoms with van der Waals surface area (Å²) < 4.78 is 0. The van der Waals surface area contributed by atoms with Gasteiger partial charge in [0.25, 0.3) is 0 Å². The molecule has 4 atom stereocenters. The van der Waals surface area contributed by atoms with E-state index in [2.05, 4.69) is 224 Å². The summed E-state index contributed by atoms with van der Waals surface area (Å²) >= 11 is 0. The summed E-state index contributed by atoms with van der Waals surface area (Å²) in [6.07, 6.45) is 10.5. The van der Waals surface area contributed by atoms with Crippen LogP contribution in [-0.2, 0) is 10.8 Å². The maximum absolute atomic E-state index is 4.49. The molecule has 4 unspecified atom stereocenters. The molecule has 15 rings (SSSR count). The average Bonchev–Trinajstić information content (AvgIpc) is 4.08. The Balaban J connectivity index is 0.956. The summed E-state index contributed by atoms with van der Waals surface area (Å²) in [6.45, 7) is 2.46. The van der Waals surface area contributed by atoms with Gasteiger partial charge in [0.2, 0.25) is 0 Å². The van der Waals surface area contributed by atoms with Crippen LogP contribution in [0.1, 0.15) is 72.4 Å². The zero-order valence-corrected chi connectivity index (χ0v) is 40.1. The minimum absolute atomic E-state index is 0.0738. The molecule has 4 aliphatic carbocycles. The van der Waals surface area contributed by atoms with Crippen LogP contribution in [-0.4, -0.2) is 4.98 Å². The summed E-state index contributed by atoms with van der Waals surface area (Å²) in [5.74, 6) is 2.22. The molecule has 1 spiro atoms. The standard InChI is InChI=1S/C70H53N/c1-2-51-37-44-25-31-54(38-44)69(51)63-24-14-13-19-55(63)56-32-28-46(40-64(56)69)47-29-33-57-58-34-30-49(42-66(58)70(65(57)41-47,52-15-5-3-6-16-52)53-17-7-4-8-18-53)68-61-22-11-9-20-59(61)67(60-21-10-12-23-62(60)68)48-27-26-45-35-36-71-43-50(45)39-48/h3-24,26-30,32-36,39-44,51,54H,2,25,31,37-38H2,1H3. The smallest absolute Gasteiger partial charge is 0.0713 e. The Morgan fingerprint density at radius 1 is 0.423 bits per heavy atom. The number of aromatic nitrogens is 1. The lowest BCUT2D eigenvalue weighted by Crippen LogP contribution is -2.44. The second-order valence-corrected chi connectivity index (χ2v) is 21.2. The van der Waals surface area contributed by atoms with Crippen LogP contribution in [0, 0.1) is 17.8 Å². The van der Waals surface area contributed by atoms with Gasteiger partial charge in [0, 0.05) is 23.2 Å². The van der Waals surface area contributed by atoms with Crippen LogP contribution in [0.5, 0.6) is 0 Å². The molecular weight excluding hydrogens is 855 g/mol. The van der Waals surface area contributed by atoms with Gasteiger partial charge in [0.15, 0.2) is 0 Å². The minimum Gasteiger partial charge on any atom is -0.264 e. The fourth-order valence-electron chi connectivity index (χ4n) is 15.3. The van der Waals surface area contributed by atoms with E-state index in [1.54, 1.807) is 11.1 Å². The van der Waals surface area contributed by atoms with Crippen LogP contribution in [0.4, 0.5) is 0 Å². The van der Waals surface area contributed by atoms with Crippen molar-refractivity contribution in [2.24, 2.45) is 17.8 Å². The molecule has 1 nitrogen and oxygen atoms in total. The molecule has 0 amide bonds. The molecule has 338 valence electrons. The van der Waals surface area contributed by atoms with Crippen molar-refractivity contribution in [3.05, 3.63) is 258 Å². The fraction of sp³-hybridized carbons (Fsp3) is 0.157. The van der Waals surface area contributed by atoms with Gasteiger partial charge in [-0.15, -0.1) is 0 Å². The third-order valence-electron chi connectivity index (χ3n) is 18.1. The Kier molecular flexibility index (Phi) is 8.98. The van der Waals surface area contributed by atoms with E-state index in [9.17, 15) is 0 Å². The van der Waals surface area contributed by atoms with E-state index in [1.165, 1.54) is 137 Å². The predicted octanol–water partition coefficient (Wildman–Crippen LogP) is 18.0. The Bertz CT molecular complexity index is 3860. The van der Waals surface area contributed by atoms with E-state index < -0.39 is 5.41 Å². The first-order valence-corrected chi connectivity index (χ1v) is 26.1. The number of hydrogen-bond acceptors (Lipinski definition) is 1. The van der Waals surface area contributed by atoms with Gasteiger partial charge in [-0.2, -0.15) is 0 Å². The molecule has 4 aliphatic rings. The first kappa shape index (κ1) is 41.0. The van der Waals surface area contributed by atoms with Gasteiger partial charge in [0.05, 0.1) is 5.41 Å². The van der Waals surface area contributed by atoms with Gasteiger partial charge in [-0.1, -0.05) is 202 Å². The molecule has 10 aromatic carbocycles. The number of benzene rings is 10. The van der Waals surface area contributed by atoms with Gasteiger partial charge >= 0.3 is 0 Å². The summed E-state index contributed by atoms with van der Waals surface area (Å²) in [4.78, 5) is 4.49. The fourth-order valence-corrected chi connectivity index (χ4v) is 15.3. The van der Waals surface area contributed by atoms with E-state index in [-0.39, 0.29) is 5.41 Å². The Hall–Kier alpha value is -7.87. The number of rotatable bonds is 6. The molecule has 11 aromatic rings. The first-order chi connectivity index (χ1) is 35.1. The van der Waals surface area contributed by atoms with Crippen molar-refractivity contribution in [1.29, 1.82) is 0 Å². The SMILES string of the molecule is CCC1CC2CCC(C2)C12c1ccccc1-c1ccc(-c3ccc4c(c3)C(c3ccccc3)(c3ccccc3)c3cc(-c5c6ccccc6c(-c6ccc7ccncc7c6)c6ccccc56)ccc3-4)cc12. The molecule has 2 fully saturated rings. The topological polar surface area (TPSA) is 12.9 Å². The third kappa shape index (κ3) is 5.67. The molecule has 1 heteroatoms. The molecule has 0 saturated heterocycles. The summed E-state index contributed by atoms with van der Waals surface area (Å²) in [6, 6.07) is 81.6. The van der Waals surface area contributed by atoms with Crippen LogP contribution in [0.3, 0.4) is 0 Å².